The summed E-state index contributed by atoms with van der Waals surface area (Å²) in [5.41, 5.74) is 0. The molecular formula is C14H18N4O2S2. The van der Waals surface area contributed by atoms with Crippen LogP contribution in [0, 0.1) is 5.92 Å². The maximum atomic E-state index is 12.0. The third-order valence-electron chi connectivity index (χ3n) is 2.79. The number of hydrogen-bond acceptors (Lipinski definition) is 6. The average Bonchev–Trinajstić information content (AvgIpc) is 2.94. The summed E-state index contributed by atoms with van der Waals surface area (Å²) in [6.45, 7) is 6.25. The minimum atomic E-state index is -0.463. The number of rotatable bonds is 5. The van der Waals surface area contributed by atoms with Crippen molar-refractivity contribution >= 4 is 45.3 Å². The number of aromatic nitrogens is 2. The quantitative estimate of drug-likeness (QED) is 0.647. The average molecular weight is 338 g/mol. The molecule has 2 aromatic heterocycles. The minimum absolute atomic E-state index is 0.334. The lowest BCUT2D eigenvalue weighted by Gasteiger charge is -2.12. The van der Waals surface area contributed by atoms with E-state index in [0.29, 0.717) is 12.5 Å². The van der Waals surface area contributed by atoms with Gasteiger partial charge in [-0.05, 0) is 24.3 Å². The van der Waals surface area contributed by atoms with Crippen LogP contribution >= 0.6 is 23.1 Å². The summed E-state index contributed by atoms with van der Waals surface area (Å²) >= 11 is 2.84. The monoisotopic (exact) mass is 338 g/mol. The second-order valence-electron chi connectivity index (χ2n) is 5.17. The van der Waals surface area contributed by atoms with Crippen LogP contribution in [0.5, 0.6) is 0 Å². The van der Waals surface area contributed by atoms with Gasteiger partial charge in [0.15, 0.2) is 0 Å². The zero-order valence-electron chi connectivity index (χ0n) is 12.6. The second-order valence-corrected chi connectivity index (χ2v) is 7.40. The normalized spacial score (nSPS) is 12.4. The third kappa shape index (κ3) is 4.41. The Kier molecular flexibility index (Phi) is 5.73. The zero-order chi connectivity index (χ0) is 16.1. The molecule has 6 nitrogen and oxygen atoms in total. The number of carbonyl (C=O) groups excluding carboxylic acids is 2. The fourth-order valence-electron chi connectivity index (χ4n) is 1.64. The summed E-state index contributed by atoms with van der Waals surface area (Å²) in [5, 5.41) is 8.19. The molecule has 0 aliphatic carbocycles. The van der Waals surface area contributed by atoms with E-state index in [4.69, 9.17) is 0 Å². The number of urea groups is 1. The minimum Gasteiger partial charge on any atom is -0.338 e. The van der Waals surface area contributed by atoms with Crippen molar-refractivity contribution in [2.45, 2.75) is 31.0 Å². The molecule has 2 rings (SSSR count). The lowest BCUT2D eigenvalue weighted by atomic mass is 10.2. The molecule has 8 heteroatoms. The van der Waals surface area contributed by atoms with E-state index in [9.17, 15) is 9.59 Å². The maximum Gasteiger partial charge on any atom is 0.321 e. The predicted octanol–water partition coefficient (Wildman–Crippen LogP) is 2.65. The van der Waals surface area contributed by atoms with Gasteiger partial charge in [-0.3, -0.25) is 10.1 Å². The fraction of sp³-hybridized carbons (Fsp3) is 0.429. The summed E-state index contributed by atoms with van der Waals surface area (Å²) in [5.74, 6) is -0.00575. The number of thioether (sulfide) groups is 1. The highest BCUT2D eigenvalue weighted by Crippen LogP contribution is 2.30. The van der Waals surface area contributed by atoms with E-state index in [2.05, 4.69) is 20.6 Å². The van der Waals surface area contributed by atoms with Gasteiger partial charge < -0.3 is 5.32 Å². The van der Waals surface area contributed by atoms with Crippen LogP contribution in [0.2, 0.25) is 0 Å². The smallest absolute Gasteiger partial charge is 0.321 e. The van der Waals surface area contributed by atoms with Crippen LogP contribution in [-0.2, 0) is 4.79 Å². The van der Waals surface area contributed by atoms with Gasteiger partial charge >= 0.3 is 6.03 Å². The SMILES string of the molecule is CC(C)CNC(=O)NC(=O)C(C)Sc1ncnc2sccc12. The molecule has 0 spiro atoms. The maximum absolute atomic E-state index is 12.0. The molecule has 2 N–H and O–H groups in total. The molecule has 0 fully saturated rings. The van der Waals surface area contributed by atoms with Crippen LogP contribution in [0.15, 0.2) is 22.8 Å². The van der Waals surface area contributed by atoms with Crippen molar-refractivity contribution in [3.8, 4) is 0 Å². The number of amides is 3. The fourth-order valence-corrected chi connectivity index (χ4v) is 3.33. The molecular weight excluding hydrogens is 320 g/mol. The number of fused-ring (bicyclic) bond motifs is 1. The molecule has 0 bridgehead atoms. The number of thiophene rings is 1. The Morgan fingerprint density at radius 1 is 1.32 bits per heavy atom. The van der Waals surface area contributed by atoms with Crippen molar-refractivity contribution in [3.63, 3.8) is 0 Å². The number of hydrogen-bond donors (Lipinski definition) is 2. The van der Waals surface area contributed by atoms with Crippen LogP contribution in [0.1, 0.15) is 20.8 Å². The van der Waals surface area contributed by atoms with Gasteiger partial charge in [0.2, 0.25) is 5.91 Å². The number of nitrogens with one attached hydrogen (secondary N) is 2. The summed E-state index contributed by atoms with van der Waals surface area (Å²) in [6, 6.07) is 1.47. The molecule has 2 aromatic rings. The van der Waals surface area contributed by atoms with Gasteiger partial charge in [0, 0.05) is 11.9 Å². The molecule has 0 aliphatic heterocycles. The Morgan fingerprint density at radius 3 is 2.82 bits per heavy atom. The van der Waals surface area contributed by atoms with Crippen molar-refractivity contribution in [3.05, 3.63) is 17.8 Å². The van der Waals surface area contributed by atoms with Crippen LogP contribution in [-0.4, -0.2) is 33.7 Å². The van der Waals surface area contributed by atoms with Crippen molar-refractivity contribution in [1.29, 1.82) is 0 Å². The summed E-state index contributed by atoms with van der Waals surface area (Å²) in [4.78, 5) is 32.9. The molecule has 1 atom stereocenters. The molecule has 3 amide bonds. The molecule has 22 heavy (non-hydrogen) atoms. The Hall–Kier alpha value is -1.67. The highest BCUT2D eigenvalue weighted by molar-refractivity contribution is 8.00. The standard InChI is InChI=1S/C14H18N4O2S2/c1-8(2)6-15-14(20)18-11(19)9(3)22-13-10-4-5-21-12(10)16-7-17-13/h4-5,7-9H,6H2,1-3H3,(H2,15,18,19,20). The molecule has 0 radical (unpaired) electrons. The van der Waals surface area contributed by atoms with Crippen molar-refractivity contribution in [2.75, 3.05) is 6.54 Å². The van der Waals surface area contributed by atoms with Crippen LogP contribution in [0.4, 0.5) is 4.79 Å². The lowest BCUT2D eigenvalue weighted by molar-refractivity contribution is -0.119. The van der Waals surface area contributed by atoms with Crippen LogP contribution < -0.4 is 10.6 Å². The van der Waals surface area contributed by atoms with Crippen LogP contribution in [0.3, 0.4) is 0 Å². The highest BCUT2D eigenvalue weighted by Gasteiger charge is 2.19. The van der Waals surface area contributed by atoms with E-state index < -0.39 is 11.3 Å². The first-order valence-electron chi connectivity index (χ1n) is 6.91. The van der Waals surface area contributed by atoms with Crippen molar-refractivity contribution < 1.29 is 9.59 Å². The molecule has 0 saturated heterocycles. The van der Waals surface area contributed by atoms with Crippen LogP contribution in [0.25, 0.3) is 10.2 Å². The Labute approximate surface area is 137 Å². The topological polar surface area (TPSA) is 84.0 Å². The summed E-state index contributed by atoms with van der Waals surface area (Å²) in [7, 11) is 0. The van der Waals surface area contributed by atoms with Crippen molar-refractivity contribution in [2.24, 2.45) is 5.92 Å². The van der Waals surface area contributed by atoms with E-state index in [1.807, 2.05) is 25.3 Å². The van der Waals surface area contributed by atoms with Crippen molar-refractivity contribution in [1.82, 2.24) is 20.6 Å². The van der Waals surface area contributed by atoms with E-state index in [1.165, 1.54) is 29.4 Å². The molecule has 0 aromatic carbocycles. The van der Waals surface area contributed by atoms with E-state index in [0.717, 1.165) is 15.2 Å². The summed E-state index contributed by atoms with van der Waals surface area (Å²) < 4.78 is 0. The van der Waals surface area contributed by atoms with Gasteiger partial charge in [-0.1, -0.05) is 25.6 Å². The van der Waals surface area contributed by atoms with E-state index in [-0.39, 0.29) is 5.91 Å². The number of imide groups is 1. The first kappa shape index (κ1) is 16.7. The number of nitrogens with zero attached hydrogens (tertiary/aromatic N) is 2. The second kappa shape index (κ2) is 7.55. The molecule has 118 valence electrons. The van der Waals surface area contributed by atoms with Gasteiger partial charge in [-0.15, -0.1) is 11.3 Å². The lowest BCUT2D eigenvalue weighted by Crippen LogP contribution is -2.43. The highest BCUT2D eigenvalue weighted by atomic mass is 32.2. The predicted molar refractivity (Wildman–Crippen MR) is 89.1 cm³/mol. The van der Waals surface area contributed by atoms with E-state index >= 15 is 0 Å². The van der Waals surface area contributed by atoms with Gasteiger partial charge in [-0.25, -0.2) is 14.8 Å². The molecule has 2 heterocycles. The first-order valence-corrected chi connectivity index (χ1v) is 8.67. The number of carbonyl (C=O) groups is 2. The third-order valence-corrected chi connectivity index (χ3v) is 4.73. The zero-order valence-corrected chi connectivity index (χ0v) is 14.3. The molecule has 0 aliphatic rings. The molecule has 1 unspecified atom stereocenters. The van der Waals surface area contributed by atoms with Gasteiger partial charge in [0.25, 0.3) is 0 Å². The Bertz CT molecular complexity index is 672. The Morgan fingerprint density at radius 2 is 2.09 bits per heavy atom. The van der Waals surface area contributed by atoms with E-state index in [1.54, 1.807) is 6.92 Å². The molecule has 0 saturated carbocycles. The summed E-state index contributed by atoms with van der Waals surface area (Å²) in [6.07, 6.45) is 1.49. The first-order chi connectivity index (χ1) is 10.5. The van der Waals surface area contributed by atoms with Gasteiger partial charge in [0.05, 0.1) is 5.25 Å². The Balaban J connectivity index is 1.94. The van der Waals surface area contributed by atoms with Gasteiger partial charge in [-0.2, -0.15) is 0 Å². The largest absolute Gasteiger partial charge is 0.338 e. The van der Waals surface area contributed by atoms with Gasteiger partial charge in [0.1, 0.15) is 16.2 Å².